The van der Waals surface area contributed by atoms with Crippen molar-refractivity contribution in [3.05, 3.63) is 124 Å². The molecule has 0 radical (unpaired) electrons. The van der Waals surface area contributed by atoms with Crippen LogP contribution in [0.3, 0.4) is 0 Å². The normalized spacial score (nSPS) is 22.4. The molecule has 3 aliphatic heterocycles. The molecular weight excluding hydrogens is 699 g/mol. The summed E-state index contributed by atoms with van der Waals surface area (Å²) in [7, 11) is 4.50. The number of fused-ring (bicyclic) bond motifs is 6. The summed E-state index contributed by atoms with van der Waals surface area (Å²) in [4.78, 5) is 40.6. The van der Waals surface area contributed by atoms with Gasteiger partial charge in [-0.25, -0.2) is 4.79 Å². The number of pyridine rings is 1. The molecule has 12 nitrogen and oxygen atoms in total. The van der Waals surface area contributed by atoms with E-state index in [-0.39, 0.29) is 48.5 Å². The third kappa shape index (κ3) is 7.72. The Balaban J connectivity index is 0.840. The lowest BCUT2D eigenvalue weighted by Gasteiger charge is -2.45. The second kappa shape index (κ2) is 15.0. The topological polar surface area (TPSA) is 165 Å². The summed E-state index contributed by atoms with van der Waals surface area (Å²) in [6, 6.07) is 30.0. The number of H-pyrrole nitrogens is 1. The molecule has 2 bridgehead atoms. The molecule has 3 fully saturated rings. The maximum Gasteiger partial charge on any atom is 0.411 e. The number of phenolic OH excluding ortho intramolecular Hbond substituents is 1. The number of piperidine rings is 1. The van der Waals surface area contributed by atoms with Crippen LogP contribution in [0, 0.1) is 0 Å². The lowest BCUT2D eigenvalue weighted by Crippen LogP contribution is -2.60. The first-order valence-electron chi connectivity index (χ1n) is 18.8. The molecule has 1 unspecified atom stereocenters. The minimum absolute atomic E-state index is 0.0564. The SMILES string of the molecule is C[N+]1(C)[C@@H]2CC(OC(=O)Nc3cc(CCC(=O)Nc4ccc(CNC[C@H](O)c5ccc(O)c6[nH]c(=O)ccc56)cc4)ccc3-c3ccccc3)C[C@H]1[C@@H]1O[C@@H]12. The quantitative estimate of drug-likeness (QED) is 0.0710. The van der Waals surface area contributed by atoms with Crippen LogP contribution in [0.5, 0.6) is 5.75 Å². The number of anilines is 2. The summed E-state index contributed by atoms with van der Waals surface area (Å²) in [5.74, 6) is -0.188. The number of rotatable bonds is 12. The number of hydrogen-bond acceptors (Lipinski definition) is 8. The van der Waals surface area contributed by atoms with Crippen LogP contribution >= 0.6 is 0 Å². The highest BCUT2D eigenvalue weighted by molar-refractivity contribution is 5.93. The molecule has 8 rings (SSSR count). The Labute approximate surface area is 318 Å². The zero-order valence-electron chi connectivity index (χ0n) is 30.8. The second-order valence-electron chi connectivity index (χ2n) is 15.4. The summed E-state index contributed by atoms with van der Waals surface area (Å²) in [5.41, 5.74) is 5.57. The number of benzene rings is 4. The number of hydrogen-bond donors (Lipinski definition) is 6. The lowest BCUT2D eigenvalue weighted by atomic mass is 9.96. The molecule has 2 amide bonds. The van der Waals surface area contributed by atoms with Crippen molar-refractivity contribution in [3.63, 3.8) is 0 Å². The van der Waals surface area contributed by atoms with Gasteiger partial charge >= 0.3 is 6.09 Å². The summed E-state index contributed by atoms with van der Waals surface area (Å²) in [5, 5.41) is 30.8. The van der Waals surface area contributed by atoms with Crippen LogP contribution in [0.15, 0.2) is 102 Å². The number of nitrogens with one attached hydrogen (secondary N) is 4. The van der Waals surface area contributed by atoms with Crippen molar-refractivity contribution in [2.75, 3.05) is 31.3 Å². The highest BCUT2D eigenvalue weighted by atomic mass is 16.6. The Hall–Kier alpha value is -5.53. The predicted molar refractivity (Wildman–Crippen MR) is 210 cm³/mol. The Morgan fingerprint density at radius 2 is 1.64 bits per heavy atom. The lowest BCUT2D eigenvalue weighted by molar-refractivity contribution is -0.938. The number of quaternary nitrogens is 1. The summed E-state index contributed by atoms with van der Waals surface area (Å²) in [6.45, 7) is 0.730. The fourth-order valence-electron chi connectivity index (χ4n) is 8.51. The Morgan fingerprint density at radius 3 is 2.38 bits per heavy atom. The number of carbonyl (C=O) groups excluding carboxylic acids is 2. The van der Waals surface area contributed by atoms with E-state index in [1.807, 2.05) is 72.8 Å². The fourth-order valence-corrected chi connectivity index (χ4v) is 8.51. The molecule has 55 heavy (non-hydrogen) atoms. The number of amides is 2. The number of carbonyl (C=O) groups is 2. The molecule has 284 valence electrons. The smallest absolute Gasteiger partial charge is 0.411 e. The van der Waals surface area contributed by atoms with Crippen LogP contribution < -0.4 is 21.5 Å². The Bertz CT molecular complexity index is 2260. The van der Waals surface area contributed by atoms with Crippen molar-refractivity contribution in [2.24, 2.45) is 0 Å². The van der Waals surface area contributed by atoms with E-state index in [1.54, 1.807) is 12.1 Å². The molecule has 0 saturated carbocycles. The molecule has 6 atom stereocenters. The Kier molecular flexibility index (Phi) is 9.91. The maximum atomic E-state index is 13.3. The molecule has 5 aromatic rings. The van der Waals surface area contributed by atoms with Gasteiger partial charge < -0.3 is 39.8 Å². The van der Waals surface area contributed by atoms with Gasteiger partial charge in [-0.1, -0.05) is 60.7 Å². The molecule has 3 saturated heterocycles. The first-order valence-corrected chi connectivity index (χ1v) is 18.8. The van der Waals surface area contributed by atoms with Gasteiger partial charge in [0.05, 0.1) is 31.4 Å². The molecule has 1 aromatic heterocycles. The number of aromatic nitrogens is 1. The monoisotopic (exact) mass is 744 g/mol. The van der Waals surface area contributed by atoms with Crippen molar-refractivity contribution >= 4 is 34.3 Å². The van der Waals surface area contributed by atoms with Gasteiger partial charge in [0.25, 0.3) is 0 Å². The standard InChI is InChI=1S/C43H45N5O7/c1-48(2)34-21-29(22-35(48)42-41(34)55-42)54-43(53)46-33-20-25(10-14-30(33)27-6-4-3-5-7-27)11-18-38(51)45-28-12-8-26(9-13-28)23-44-24-37(50)31-15-17-36(49)40-32(31)16-19-39(52)47-40/h3-10,12-17,19-20,29,34-35,37,41-42,44,50H,11,18,21-24H2,1-2H3,(H3-,45,46,47,49,51,52,53)/p+1/t29?,34-,35+,37-,41-,42+/m0/s1. The van der Waals surface area contributed by atoms with Crippen LogP contribution in [0.4, 0.5) is 16.2 Å². The minimum Gasteiger partial charge on any atom is -0.506 e. The first kappa shape index (κ1) is 36.4. The number of morpholine rings is 1. The van der Waals surface area contributed by atoms with Gasteiger partial charge in [0, 0.05) is 55.1 Å². The number of epoxide rings is 1. The number of likely N-dealkylation sites (N-methyl/N-ethyl adjacent to an activating group) is 1. The average Bonchev–Trinajstić information content (AvgIpc) is 3.94. The zero-order chi connectivity index (χ0) is 38.3. The summed E-state index contributed by atoms with van der Waals surface area (Å²) in [6.07, 6.45) is 1.35. The zero-order valence-corrected chi connectivity index (χ0v) is 30.8. The molecule has 0 aliphatic carbocycles. The molecular formula is C43H46N5O7+. The molecule has 4 aromatic carbocycles. The van der Waals surface area contributed by atoms with Crippen LogP contribution in [-0.2, 0) is 27.2 Å². The molecule has 3 aliphatic rings. The van der Waals surface area contributed by atoms with E-state index in [1.165, 1.54) is 12.1 Å². The van der Waals surface area contributed by atoms with E-state index in [9.17, 15) is 24.6 Å². The van der Waals surface area contributed by atoms with E-state index < -0.39 is 12.2 Å². The van der Waals surface area contributed by atoms with Gasteiger partial charge in [-0.05, 0) is 59.0 Å². The second-order valence-corrected chi connectivity index (χ2v) is 15.4. The van der Waals surface area contributed by atoms with Crippen molar-refractivity contribution < 1.29 is 33.8 Å². The van der Waals surface area contributed by atoms with Crippen LogP contribution in [-0.4, -0.2) is 82.7 Å². The highest BCUT2D eigenvalue weighted by Gasteiger charge is 2.70. The van der Waals surface area contributed by atoms with Crippen molar-refractivity contribution in [3.8, 4) is 16.9 Å². The van der Waals surface area contributed by atoms with Gasteiger partial charge in [-0.2, -0.15) is 0 Å². The average molecular weight is 745 g/mol. The summed E-state index contributed by atoms with van der Waals surface area (Å²) >= 11 is 0. The number of aliphatic hydroxyl groups is 1. The third-order valence-corrected chi connectivity index (χ3v) is 11.5. The van der Waals surface area contributed by atoms with Crippen molar-refractivity contribution in [1.29, 1.82) is 0 Å². The molecule has 4 heterocycles. The number of aryl methyl sites for hydroxylation is 1. The van der Waals surface area contributed by atoms with E-state index in [0.29, 0.717) is 52.9 Å². The van der Waals surface area contributed by atoms with E-state index in [2.05, 4.69) is 35.0 Å². The van der Waals surface area contributed by atoms with Crippen LogP contribution in [0.1, 0.15) is 42.1 Å². The minimum atomic E-state index is -0.868. The molecule has 6 N–H and O–H groups in total. The third-order valence-electron chi connectivity index (χ3n) is 11.5. The number of aromatic hydroxyl groups is 1. The predicted octanol–water partition coefficient (Wildman–Crippen LogP) is 5.60. The van der Waals surface area contributed by atoms with Gasteiger partial charge in [-0.15, -0.1) is 0 Å². The number of aromatic amines is 1. The van der Waals surface area contributed by atoms with Crippen molar-refractivity contribution in [2.45, 2.75) is 68.7 Å². The largest absolute Gasteiger partial charge is 0.506 e. The van der Waals surface area contributed by atoms with Crippen LogP contribution in [0.25, 0.3) is 22.0 Å². The van der Waals surface area contributed by atoms with Gasteiger partial charge in [0.2, 0.25) is 11.5 Å². The van der Waals surface area contributed by atoms with E-state index in [0.717, 1.165) is 39.6 Å². The molecule has 12 heteroatoms. The van der Waals surface area contributed by atoms with E-state index >= 15 is 0 Å². The van der Waals surface area contributed by atoms with Gasteiger partial charge in [0.1, 0.15) is 36.1 Å². The van der Waals surface area contributed by atoms with Crippen molar-refractivity contribution in [1.82, 2.24) is 10.3 Å². The number of phenols is 1. The molecule has 0 spiro atoms. The fraction of sp³-hybridized carbons (Fsp3) is 0.326. The van der Waals surface area contributed by atoms with Crippen LogP contribution in [0.2, 0.25) is 0 Å². The van der Waals surface area contributed by atoms with Gasteiger partial charge in [0.15, 0.2) is 0 Å². The first-order chi connectivity index (χ1) is 26.5. The number of aliphatic hydroxyl groups excluding tert-OH is 1. The maximum absolute atomic E-state index is 13.3. The number of nitrogens with zero attached hydrogens (tertiary/aromatic N) is 1. The van der Waals surface area contributed by atoms with Gasteiger partial charge in [-0.3, -0.25) is 14.9 Å². The Morgan fingerprint density at radius 1 is 0.909 bits per heavy atom. The highest BCUT2D eigenvalue weighted by Crippen LogP contribution is 2.51. The summed E-state index contributed by atoms with van der Waals surface area (Å²) < 4.78 is 12.8. The van der Waals surface area contributed by atoms with E-state index in [4.69, 9.17) is 9.47 Å². The number of ether oxygens (including phenoxy) is 2.